The fourth-order valence-electron chi connectivity index (χ4n) is 1.71. The maximum atomic E-state index is 11.8. The minimum absolute atomic E-state index is 0.00724. The first-order valence-corrected chi connectivity index (χ1v) is 8.90. The Bertz CT molecular complexity index is 752. The fourth-order valence-corrected chi connectivity index (χ4v) is 3.64. The van der Waals surface area contributed by atoms with E-state index in [0.29, 0.717) is 5.56 Å². The quantitative estimate of drug-likeness (QED) is 0.818. The van der Waals surface area contributed by atoms with Gasteiger partial charge >= 0.3 is 0 Å². The highest BCUT2D eigenvalue weighted by molar-refractivity contribution is 7.90. The fraction of sp³-hybridized carbons (Fsp3) is 0.364. The highest BCUT2D eigenvalue weighted by Gasteiger charge is 2.30. The van der Waals surface area contributed by atoms with Gasteiger partial charge in [0, 0.05) is 19.7 Å². The molecule has 0 bridgehead atoms. The highest BCUT2D eigenvalue weighted by atomic mass is 32.2. The Kier molecular flexibility index (Phi) is 3.85. The zero-order valence-corrected chi connectivity index (χ0v) is 12.7. The van der Waals surface area contributed by atoms with Crippen LogP contribution in [0.2, 0.25) is 0 Å². The summed E-state index contributed by atoms with van der Waals surface area (Å²) in [5.41, 5.74) is 0.467. The number of nitrogens with zero attached hydrogens (tertiary/aromatic N) is 2. The molecule has 1 aliphatic rings. The molecule has 1 N–H and O–H groups in total. The molecule has 1 aromatic rings. The third-order valence-electron chi connectivity index (χ3n) is 2.84. The van der Waals surface area contributed by atoms with Crippen molar-refractivity contribution < 1.29 is 16.8 Å². The van der Waals surface area contributed by atoms with Crippen molar-refractivity contribution in [2.75, 3.05) is 26.4 Å². The lowest BCUT2D eigenvalue weighted by Crippen LogP contribution is -2.27. The molecule has 0 radical (unpaired) electrons. The van der Waals surface area contributed by atoms with Crippen molar-refractivity contribution in [1.29, 1.82) is 0 Å². The van der Waals surface area contributed by atoms with E-state index in [2.05, 4.69) is 9.71 Å². The molecule has 20 heavy (non-hydrogen) atoms. The summed E-state index contributed by atoms with van der Waals surface area (Å²) in [7, 11) is -4.04. The molecule has 1 heterocycles. The zero-order valence-electron chi connectivity index (χ0n) is 11.1. The molecule has 0 saturated carbocycles. The first-order chi connectivity index (χ1) is 9.24. The van der Waals surface area contributed by atoms with Gasteiger partial charge in [-0.05, 0) is 12.1 Å². The van der Waals surface area contributed by atoms with Crippen LogP contribution in [0.5, 0.6) is 0 Å². The highest BCUT2D eigenvalue weighted by Crippen LogP contribution is 2.21. The van der Waals surface area contributed by atoms with E-state index in [4.69, 9.17) is 0 Å². The van der Waals surface area contributed by atoms with Gasteiger partial charge in [0.2, 0.25) is 10.0 Å². The SMILES string of the molecule is CN(C)S(=O)(=O)CCN=C1NS(=O)(=O)c2ccccc21. The Morgan fingerprint density at radius 1 is 1.25 bits per heavy atom. The molecule has 2 rings (SSSR count). The number of sulfonamides is 2. The van der Waals surface area contributed by atoms with E-state index < -0.39 is 20.0 Å². The van der Waals surface area contributed by atoms with E-state index in [9.17, 15) is 16.8 Å². The number of amidine groups is 1. The van der Waals surface area contributed by atoms with E-state index in [1.807, 2.05) is 0 Å². The summed E-state index contributed by atoms with van der Waals surface area (Å²) in [6.07, 6.45) is 0. The van der Waals surface area contributed by atoms with Gasteiger partial charge in [-0.15, -0.1) is 0 Å². The lowest BCUT2D eigenvalue weighted by molar-refractivity contribution is 0.521. The molecular formula is C11H15N3O4S2. The van der Waals surface area contributed by atoms with E-state index in [-0.39, 0.29) is 23.0 Å². The van der Waals surface area contributed by atoms with Gasteiger partial charge in [-0.2, -0.15) is 0 Å². The summed E-state index contributed by atoms with van der Waals surface area (Å²) in [6.45, 7) is -0.00724. The van der Waals surface area contributed by atoms with Crippen LogP contribution < -0.4 is 4.72 Å². The molecule has 0 fully saturated rings. The molecule has 1 aliphatic heterocycles. The molecular weight excluding hydrogens is 302 g/mol. The summed E-state index contributed by atoms with van der Waals surface area (Å²) >= 11 is 0. The van der Waals surface area contributed by atoms with Crippen molar-refractivity contribution in [3.8, 4) is 0 Å². The first kappa shape index (κ1) is 14.9. The summed E-state index contributed by atoms with van der Waals surface area (Å²) in [4.78, 5) is 4.21. The van der Waals surface area contributed by atoms with Crippen LogP contribution in [0.1, 0.15) is 5.56 Å². The maximum absolute atomic E-state index is 11.8. The monoisotopic (exact) mass is 317 g/mol. The Labute approximate surface area is 118 Å². The summed E-state index contributed by atoms with van der Waals surface area (Å²) < 4.78 is 50.3. The minimum atomic E-state index is -3.58. The van der Waals surface area contributed by atoms with E-state index in [1.165, 1.54) is 20.2 Å². The third-order valence-corrected chi connectivity index (χ3v) is 6.05. The number of aliphatic imine (C=N–C) groups is 1. The van der Waals surface area contributed by atoms with Crippen molar-refractivity contribution in [3.63, 3.8) is 0 Å². The van der Waals surface area contributed by atoms with Gasteiger partial charge in [0.15, 0.2) is 0 Å². The van der Waals surface area contributed by atoms with Gasteiger partial charge in [0.1, 0.15) is 5.84 Å². The van der Waals surface area contributed by atoms with Gasteiger partial charge in [0.25, 0.3) is 10.0 Å². The van der Waals surface area contributed by atoms with Crippen LogP contribution in [-0.4, -0.2) is 53.4 Å². The topological polar surface area (TPSA) is 95.9 Å². The Balaban J connectivity index is 2.23. The molecule has 110 valence electrons. The predicted octanol–water partition coefficient (Wildman–Crippen LogP) is -0.383. The number of hydrogen-bond acceptors (Lipinski definition) is 5. The smallest absolute Gasteiger partial charge is 0.263 e. The van der Waals surface area contributed by atoms with Crippen LogP contribution in [0, 0.1) is 0 Å². The number of rotatable bonds is 4. The van der Waals surface area contributed by atoms with Crippen molar-refractivity contribution in [1.82, 2.24) is 9.03 Å². The van der Waals surface area contributed by atoms with Crippen LogP contribution in [0.3, 0.4) is 0 Å². The summed E-state index contributed by atoms with van der Waals surface area (Å²) in [5, 5.41) is 0. The minimum Gasteiger partial charge on any atom is -0.266 e. The Hall–Kier alpha value is -1.45. The lowest BCUT2D eigenvalue weighted by atomic mass is 10.2. The van der Waals surface area contributed by atoms with Crippen LogP contribution in [-0.2, 0) is 20.0 Å². The summed E-state index contributed by atoms with van der Waals surface area (Å²) in [5.74, 6) is 0.0162. The number of fused-ring (bicyclic) bond motifs is 1. The normalized spacial score (nSPS) is 19.1. The molecule has 0 atom stereocenters. The lowest BCUT2D eigenvalue weighted by Gasteiger charge is -2.09. The predicted molar refractivity (Wildman–Crippen MR) is 75.6 cm³/mol. The van der Waals surface area contributed by atoms with E-state index in [1.54, 1.807) is 18.2 Å². The average Bonchev–Trinajstić information content (AvgIpc) is 2.62. The molecule has 1 aromatic carbocycles. The van der Waals surface area contributed by atoms with Crippen LogP contribution in [0.15, 0.2) is 34.2 Å². The maximum Gasteiger partial charge on any atom is 0.263 e. The van der Waals surface area contributed by atoms with Gasteiger partial charge in [-0.3, -0.25) is 9.71 Å². The molecule has 0 aliphatic carbocycles. The Morgan fingerprint density at radius 2 is 1.90 bits per heavy atom. The molecule has 0 unspecified atom stereocenters. The summed E-state index contributed by atoms with van der Waals surface area (Å²) in [6, 6.07) is 6.44. The second-order valence-electron chi connectivity index (χ2n) is 4.43. The Morgan fingerprint density at radius 3 is 2.55 bits per heavy atom. The van der Waals surface area contributed by atoms with Crippen LogP contribution in [0.25, 0.3) is 0 Å². The van der Waals surface area contributed by atoms with Gasteiger partial charge in [-0.1, -0.05) is 12.1 Å². The molecule has 0 saturated heterocycles. The second kappa shape index (κ2) is 5.15. The standard InChI is InChI=1S/C11H15N3O4S2/c1-14(2)19(15,16)8-7-12-11-9-5-3-4-6-10(9)20(17,18)13-11/h3-6H,7-8H2,1-2H3,(H,12,13). The van der Waals surface area contributed by atoms with Crippen molar-refractivity contribution in [2.24, 2.45) is 4.99 Å². The van der Waals surface area contributed by atoms with Gasteiger partial charge in [-0.25, -0.2) is 21.1 Å². The third kappa shape index (κ3) is 2.84. The molecule has 0 amide bonds. The van der Waals surface area contributed by atoms with Crippen LogP contribution >= 0.6 is 0 Å². The second-order valence-corrected chi connectivity index (χ2v) is 8.38. The zero-order chi connectivity index (χ0) is 15.0. The van der Waals surface area contributed by atoms with Gasteiger partial charge < -0.3 is 0 Å². The van der Waals surface area contributed by atoms with Gasteiger partial charge in [0.05, 0.1) is 17.2 Å². The molecule has 0 spiro atoms. The number of hydrogen-bond donors (Lipinski definition) is 1. The largest absolute Gasteiger partial charge is 0.266 e. The molecule has 7 nitrogen and oxygen atoms in total. The van der Waals surface area contributed by atoms with Crippen molar-refractivity contribution in [2.45, 2.75) is 4.90 Å². The molecule has 9 heteroatoms. The van der Waals surface area contributed by atoms with E-state index in [0.717, 1.165) is 4.31 Å². The van der Waals surface area contributed by atoms with E-state index >= 15 is 0 Å². The molecule has 0 aromatic heterocycles. The van der Waals surface area contributed by atoms with Crippen molar-refractivity contribution in [3.05, 3.63) is 29.8 Å². The van der Waals surface area contributed by atoms with Crippen LogP contribution in [0.4, 0.5) is 0 Å². The number of benzene rings is 1. The van der Waals surface area contributed by atoms with Crippen molar-refractivity contribution >= 4 is 25.9 Å². The number of nitrogens with one attached hydrogen (secondary N) is 1. The average molecular weight is 317 g/mol. The first-order valence-electron chi connectivity index (χ1n) is 5.81.